The number of rotatable bonds is 3. The maximum Gasteiger partial charge on any atom is 0.236 e. The van der Waals surface area contributed by atoms with Crippen LogP contribution in [0.25, 0.3) is 11.1 Å². The zero-order valence-electron chi connectivity index (χ0n) is 8.86. The number of nitrogens with zero attached hydrogens (tertiary/aromatic N) is 1. The van der Waals surface area contributed by atoms with Crippen LogP contribution in [0.5, 0.6) is 10.9 Å². The Labute approximate surface area is 106 Å². The number of ether oxygens (including phenoxy) is 2. The smallest absolute Gasteiger partial charge is 0.236 e. The van der Waals surface area contributed by atoms with E-state index in [2.05, 4.69) is 20.3 Å². The molecule has 16 heavy (non-hydrogen) atoms. The van der Waals surface area contributed by atoms with Crippen molar-refractivity contribution in [2.75, 3.05) is 14.2 Å². The summed E-state index contributed by atoms with van der Waals surface area (Å²) in [5, 5.41) is 0.759. The molecule has 0 bridgehead atoms. The van der Waals surface area contributed by atoms with Crippen molar-refractivity contribution in [3.05, 3.63) is 28.7 Å². The summed E-state index contributed by atoms with van der Waals surface area (Å²) in [6.07, 6.45) is 0. The van der Waals surface area contributed by atoms with Crippen molar-refractivity contribution in [1.29, 1.82) is 0 Å². The molecule has 0 aliphatic heterocycles. The second-order valence-electron chi connectivity index (χ2n) is 3.07. The maximum atomic E-state index is 5.28. The lowest BCUT2D eigenvalue weighted by atomic mass is 10.1. The molecule has 1 aromatic heterocycles. The zero-order valence-corrected chi connectivity index (χ0v) is 11.3. The Morgan fingerprint density at radius 3 is 2.69 bits per heavy atom. The lowest BCUT2D eigenvalue weighted by Crippen LogP contribution is -1.88. The summed E-state index contributed by atoms with van der Waals surface area (Å²) in [7, 11) is 3.24. The van der Waals surface area contributed by atoms with E-state index >= 15 is 0 Å². The molecule has 0 aliphatic rings. The van der Waals surface area contributed by atoms with Crippen LogP contribution < -0.4 is 9.47 Å². The van der Waals surface area contributed by atoms with Crippen LogP contribution in [0.1, 0.15) is 0 Å². The van der Waals surface area contributed by atoms with E-state index in [0.29, 0.717) is 5.88 Å². The summed E-state index contributed by atoms with van der Waals surface area (Å²) in [6, 6.07) is 7.95. The van der Waals surface area contributed by atoms with E-state index in [1.807, 2.05) is 24.3 Å². The Morgan fingerprint density at radius 1 is 1.25 bits per heavy atom. The lowest BCUT2D eigenvalue weighted by molar-refractivity contribution is 0.398. The Hall–Kier alpha value is -1.07. The first-order valence-electron chi connectivity index (χ1n) is 4.60. The number of benzene rings is 1. The van der Waals surface area contributed by atoms with E-state index in [1.54, 1.807) is 14.2 Å². The van der Waals surface area contributed by atoms with Crippen LogP contribution in [-0.2, 0) is 0 Å². The molecular formula is C11H10BrNO2S. The van der Waals surface area contributed by atoms with Crippen LogP contribution >= 0.6 is 27.5 Å². The van der Waals surface area contributed by atoms with E-state index in [-0.39, 0.29) is 0 Å². The second-order valence-corrected chi connectivity index (χ2v) is 4.72. The van der Waals surface area contributed by atoms with E-state index < -0.39 is 0 Å². The van der Waals surface area contributed by atoms with Crippen molar-refractivity contribution in [2.24, 2.45) is 0 Å². The van der Waals surface area contributed by atoms with Gasteiger partial charge in [0.2, 0.25) is 10.9 Å². The Morgan fingerprint density at radius 2 is 2.06 bits per heavy atom. The molecule has 0 aliphatic carbocycles. The van der Waals surface area contributed by atoms with Crippen molar-refractivity contribution >= 4 is 27.5 Å². The first kappa shape index (κ1) is 11.4. The molecule has 1 aromatic carbocycles. The molecule has 0 fully saturated rings. The summed E-state index contributed by atoms with van der Waals surface area (Å²) in [4.78, 5) is 0. The highest BCUT2D eigenvalue weighted by molar-refractivity contribution is 9.10. The van der Waals surface area contributed by atoms with Gasteiger partial charge in [-0.25, -0.2) is 0 Å². The van der Waals surface area contributed by atoms with Gasteiger partial charge in [-0.05, 0) is 17.7 Å². The molecule has 1 heterocycles. The van der Waals surface area contributed by atoms with Gasteiger partial charge in [0.05, 0.1) is 19.8 Å². The van der Waals surface area contributed by atoms with Gasteiger partial charge in [0, 0.05) is 16.0 Å². The van der Waals surface area contributed by atoms with Crippen molar-refractivity contribution in [2.45, 2.75) is 0 Å². The summed E-state index contributed by atoms with van der Waals surface area (Å²) < 4.78 is 15.7. The first-order valence-corrected chi connectivity index (χ1v) is 6.16. The largest absolute Gasteiger partial charge is 0.486 e. The van der Waals surface area contributed by atoms with Gasteiger partial charge in [-0.15, -0.1) is 0 Å². The number of halogens is 1. The van der Waals surface area contributed by atoms with Crippen LogP contribution in [0, 0.1) is 0 Å². The summed E-state index contributed by atoms with van der Waals surface area (Å²) in [5.41, 5.74) is 1.92. The molecule has 84 valence electrons. The third-order valence-electron chi connectivity index (χ3n) is 2.12. The minimum Gasteiger partial charge on any atom is -0.486 e. The molecular weight excluding hydrogens is 290 g/mol. The van der Waals surface area contributed by atoms with Gasteiger partial charge >= 0.3 is 0 Å². The molecule has 5 heteroatoms. The molecule has 0 saturated carbocycles. The van der Waals surface area contributed by atoms with Crippen LogP contribution in [0.4, 0.5) is 0 Å². The molecule has 0 unspecified atom stereocenters. The third-order valence-corrected chi connectivity index (χ3v) is 3.41. The highest BCUT2D eigenvalue weighted by Gasteiger charge is 2.17. The number of aromatic nitrogens is 1. The number of hydrogen-bond acceptors (Lipinski definition) is 4. The first-order chi connectivity index (χ1) is 7.76. The van der Waals surface area contributed by atoms with Crippen LogP contribution in [0.2, 0.25) is 0 Å². The molecule has 2 aromatic rings. The standard InChI is InChI=1S/C11H10BrNO2S/c1-14-10-9(11(15-2)16-13-10)7-4-3-5-8(12)6-7/h3-6H,1-2H3. The molecule has 0 atom stereocenters. The van der Waals surface area contributed by atoms with E-state index in [1.165, 1.54) is 11.5 Å². The van der Waals surface area contributed by atoms with Gasteiger partial charge in [0.1, 0.15) is 0 Å². The molecule has 0 amide bonds. The number of hydrogen-bond donors (Lipinski definition) is 0. The van der Waals surface area contributed by atoms with Gasteiger partial charge in [-0.2, -0.15) is 4.37 Å². The monoisotopic (exact) mass is 299 g/mol. The van der Waals surface area contributed by atoms with Gasteiger partial charge in [0.15, 0.2) is 0 Å². The van der Waals surface area contributed by atoms with Crippen LogP contribution in [-0.4, -0.2) is 18.6 Å². The highest BCUT2D eigenvalue weighted by Crippen LogP contribution is 2.41. The van der Waals surface area contributed by atoms with Gasteiger partial charge in [0.25, 0.3) is 0 Å². The second kappa shape index (κ2) is 4.84. The fourth-order valence-electron chi connectivity index (χ4n) is 1.43. The fourth-order valence-corrected chi connectivity index (χ4v) is 2.53. The topological polar surface area (TPSA) is 31.4 Å². The van der Waals surface area contributed by atoms with Crippen LogP contribution in [0.3, 0.4) is 0 Å². The highest BCUT2D eigenvalue weighted by atomic mass is 79.9. The lowest BCUT2D eigenvalue weighted by Gasteiger charge is -2.04. The Kier molecular flexibility index (Phi) is 3.46. The average Bonchev–Trinajstić information content (AvgIpc) is 2.71. The van der Waals surface area contributed by atoms with Gasteiger partial charge in [-0.1, -0.05) is 28.1 Å². The summed E-state index contributed by atoms with van der Waals surface area (Å²) in [6.45, 7) is 0. The summed E-state index contributed by atoms with van der Waals surface area (Å²) in [5.74, 6) is 0.597. The molecule has 0 spiro atoms. The fraction of sp³-hybridized carbons (Fsp3) is 0.182. The molecule has 2 rings (SSSR count). The van der Waals surface area contributed by atoms with Gasteiger partial charge in [-0.3, -0.25) is 0 Å². The van der Waals surface area contributed by atoms with Crippen molar-refractivity contribution in [1.82, 2.24) is 4.37 Å². The summed E-state index contributed by atoms with van der Waals surface area (Å²) >= 11 is 4.73. The van der Waals surface area contributed by atoms with Crippen molar-refractivity contribution < 1.29 is 9.47 Å². The zero-order chi connectivity index (χ0) is 11.5. The Bertz CT molecular complexity index is 477. The van der Waals surface area contributed by atoms with Crippen molar-refractivity contribution in [3.8, 4) is 22.1 Å². The predicted octanol–water partition coefficient (Wildman–Crippen LogP) is 3.59. The van der Waals surface area contributed by atoms with Crippen molar-refractivity contribution in [3.63, 3.8) is 0 Å². The van der Waals surface area contributed by atoms with Crippen LogP contribution in [0.15, 0.2) is 28.7 Å². The minimum absolute atomic E-state index is 0.597. The predicted molar refractivity (Wildman–Crippen MR) is 68.4 cm³/mol. The normalized spacial score (nSPS) is 10.2. The molecule has 0 radical (unpaired) electrons. The van der Waals surface area contributed by atoms with E-state index in [0.717, 1.165) is 20.7 Å². The molecule has 3 nitrogen and oxygen atoms in total. The third kappa shape index (κ3) is 2.05. The van der Waals surface area contributed by atoms with E-state index in [9.17, 15) is 0 Å². The molecule has 0 saturated heterocycles. The number of methoxy groups -OCH3 is 2. The minimum atomic E-state index is 0.597. The van der Waals surface area contributed by atoms with Gasteiger partial charge < -0.3 is 9.47 Å². The maximum absolute atomic E-state index is 5.28. The van der Waals surface area contributed by atoms with E-state index in [4.69, 9.17) is 9.47 Å². The average molecular weight is 300 g/mol. The molecule has 0 N–H and O–H groups in total. The quantitative estimate of drug-likeness (QED) is 0.868. The Balaban J connectivity index is 2.57. The SMILES string of the molecule is COc1nsc(OC)c1-c1cccc(Br)c1.